The second kappa shape index (κ2) is 8.30. The molecule has 116 valence electrons. The third-order valence-corrected chi connectivity index (χ3v) is 3.32. The van der Waals surface area contributed by atoms with E-state index in [1.165, 1.54) is 12.8 Å². The zero-order chi connectivity index (χ0) is 15.1. The van der Waals surface area contributed by atoms with Gasteiger partial charge in [0.05, 0.1) is 5.69 Å². The third kappa shape index (κ3) is 5.95. The van der Waals surface area contributed by atoms with E-state index in [4.69, 9.17) is 0 Å². The lowest BCUT2D eigenvalue weighted by Gasteiger charge is -2.24. The van der Waals surface area contributed by atoms with Crippen LogP contribution in [0.3, 0.4) is 0 Å². The Balaban J connectivity index is 2.75. The zero-order valence-corrected chi connectivity index (χ0v) is 14.1. The summed E-state index contributed by atoms with van der Waals surface area (Å²) in [7, 11) is 4.26. The van der Waals surface area contributed by atoms with Crippen molar-refractivity contribution in [3.05, 3.63) is 11.9 Å². The van der Waals surface area contributed by atoms with Crippen molar-refractivity contribution in [1.29, 1.82) is 0 Å². The van der Waals surface area contributed by atoms with Gasteiger partial charge in [0.2, 0.25) is 5.95 Å². The fourth-order valence-electron chi connectivity index (χ4n) is 2.53. The number of rotatable bonds is 9. The van der Waals surface area contributed by atoms with Gasteiger partial charge in [-0.3, -0.25) is 0 Å². The van der Waals surface area contributed by atoms with E-state index in [1.54, 1.807) is 0 Å². The molecule has 0 aliphatic heterocycles. The summed E-state index contributed by atoms with van der Waals surface area (Å²) < 4.78 is 2.27. The van der Waals surface area contributed by atoms with Gasteiger partial charge in [-0.2, -0.15) is 0 Å². The lowest BCUT2D eigenvalue weighted by molar-refractivity contribution is 0.355. The Hall–Kier alpha value is -1.03. The van der Waals surface area contributed by atoms with Crippen molar-refractivity contribution >= 4 is 5.95 Å². The van der Waals surface area contributed by atoms with Crippen LogP contribution in [0.5, 0.6) is 0 Å². The van der Waals surface area contributed by atoms with Gasteiger partial charge in [0.25, 0.3) is 0 Å². The first-order valence-corrected chi connectivity index (χ1v) is 7.87. The first-order chi connectivity index (χ1) is 9.42. The van der Waals surface area contributed by atoms with Crippen LogP contribution >= 0.6 is 0 Å². The molecule has 4 heteroatoms. The molecule has 1 unspecified atom stereocenters. The average Bonchev–Trinajstić information content (AvgIpc) is 2.65. The first-order valence-electron chi connectivity index (χ1n) is 7.87. The summed E-state index contributed by atoms with van der Waals surface area (Å²) in [5.41, 5.74) is 1.09. The Morgan fingerprint density at radius 3 is 2.60 bits per heavy atom. The summed E-state index contributed by atoms with van der Waals surface area (Å²) in [5, 5.41) is 3.65. The molecule has 1 heterocycles. The van der Waals surface area contributed by atoms with Crippen LogP contribution in [0.15, 0.2) is 6.20 Å². The second-order valence-electron chi connectivity index (χ2n) is 6.49. The molecule has 0 radical (unpaired) electrons. The number of nitrogens with zero attached hydrogens (tertiary/aromatic N) is 3. The summed E-state index contributed by atoms with van der Waals surface area (Å²) in [6.45, 7) is 10.9. The Morgan fingerprint density at radius 1 is 1.35 bits per heavy atom. The SMILES string of the molecule is CCCCn1cc(C)nc1NC(CC(C)C)CN(C)C. The topological polar surface area (TPSA) is 33.1 Å². The molecule has 0 bridgehead atoms. The van der Waals surface area contributed by atoms with E-state index in [0.29, 0.717) is 12.0 Å². The van der Waals surface area contributed by atoms with Gasteiger partial charge < -0.3 is 14.8 Å². The number of nitrogens with one attached hydrogen (secondary N) is 1. The van der Waals surface area contributed by atoms with E-state index < -0.39 is 0 Å². The molecule has 0 aromatic carbocycles. The van der Waals surface area contributed by atoms with E-state index >= 15 is 0 Å². The maximum atomic E-state index is 4.65. The number of hydrogen-bond acceptors (Lipinski definition) is 3. The van der Waals surface area contributed by atoms with E-state index in [9.17, 15) is 0 Å². The highest BCUT2D eigenvalue weighted by atomic mass is 15.2. The van der Waals surface area contributed by atoms with Gasteiger partial charge in [0.15, 0.2) is 0 Å². The maximum absolute atomic E-state index is 4.65. The molecule has 1 N–H and O–H groups in total. The molecule has 0 fully saturated rings. The molecule has 1 aromatic rings. The quantitative estimate of drug-likeness (QED) is 0.753. The molecule has 0 spiro atoms. The van der Waals surface area contributed by atoms with Crippen LogP contribution in [0, 0.1) is 12.8 Å². The van der Waals surface area contributed by atoms with Crippen molar-refractivity contribution in [1.82, 2.24) is 14.5 Å². The van der Waals surface area contributed by atoms with Crippen LogP contribution in [0.2, 0.25) is 0 Å². The van der Waals surface area contributed by atoms with Gasteiger partial charge in [0.1, 0.15) is 0 Å². The van der Waals surface area contributed by atoms with Gasteiger partial charge in [-0.25, -0.2) is 4.98 Å². The third-order valence-electron chi connectivity index (χ3n) is 3.32. The second-order valence-corrected chi connectivity index (χ2v) is 6.49. The fraction of sp³-hybridized carbons (Fsp3) is 0.812. The molecule has 0 saturated heterocycles. The van der Waals surface area contributed by atoms with Gasteiger partial charge >= 0.3 is 0 Å². The Bertz CT molecular complexity index is 372. The van der Waals surface area contributed by atoms with Crippen molar-refractivity contribution in [3.63, 3.8) is 0 Å². The van der Waals surface area contributed by atoms with Gasteiger partial charge in [-0.15, -0.1) is 0 Å². The van der Waals surface area contributed by atoms with Crippen LogP contribution < -0.4 is 5.32 Å². The molecule has 0 amide bonds. The van der Waals surface area contributed by atoms with Gasteiger partial charge in [-0.1, -0.05) is 27.2 Å². The minimum Gasteiger partial charge on any atom is -0.352 e. The molecule has 0 aliphatic carbocycles. The highest BCUT2D eigenvalue weighted by Gasteiger charge is 2.15. The smallest absolute Gasteiger partial charge is 0.203 e. The van der Waals surface area contributed by atoms with E-state index in [-0.39, 0.29) is 0 Å². The molecular formula is C16H32N4. The molecule has 1 atom stereocenters. The Labute approximate surface area is 124 Å². The highest BCUT2D eigenvalue weighted by molar-refractivity contribution is 5.30. The van der Waals surface area contributed by atoms with Crippen molar-refractivity contribution in [2.45, 2.75) is 59.5 Å². The van der Waals surface area contributed by atoms with E-state index in [2.05, 4.69) is 67.8 Å². The minimum atomic E-state index is 0.451. The number of aryl methyl sites for hydroxylation is 2. The largest absolute Gasteiger partial charge is 0.352 e. The Kier molecular flexibility index (Phi) is 7.06. The van der Waals surface area contributed by atoms with Crippen LogP contribution in [0.25, 0.3) is 0 Å². The van der Waals surface area contributed by atoms with Crippen molar-refractivity contribution in [3.8, 4) is 0 Å². The summed E-state index contributed by atoms with van der Waals surface area (Å²) in [4.78, 5) is 6.89. The molecule has 0 aliphatic rings. The van der Waals surface area contributed by atoms with Crippen LogP contribution in [0.1, 0.15) is 45.7 Å². The zero-order valence-electron chi connectivity index (χ0n) is 14.1. The normalized spacial score (nSPS) is 13.2. The average molecular weight is 280 g/mol. The van der Waals surface area contributed by atoms with Gasteiger partial charge in [-0.05, 0) is 39.8 Å². The molecule has 20 heavy (non-hydrogen) atoms. The number of imidazole rings is 1. The number of aromatic nitrogens is 2. The molecule has 1 aromatic heterocycles. The van der Waals surface area contributed by atoms with E-state index in [0.717, 1.165) is 31.2 Å². The summed E-state index contributed by atoms with van der Waals surface area (Å²) in [5.74, 6) is 1.72. The van der Waals surface area contributed by atoms with E-state index in [1.807, 2.05) is 0 Å². The number of unbranched alkanes of at least 4 members (excludes halogenated alkanes) is 1. The van der Waals surface area contributed by atoms with Crippen molar-refractivity contribution < 1.29 is 0 Å². The number of hydrogen-bond donors (Lipinski definition) is 1. The minimum absolute atomic E-state index is 0.451. The summed E-state index contributed by atoms with van der Waals surface area (Å²) in [6.07, 6.45) is 5.73. The lowest BCUT2D eigenvalue weighted by Crippen LogP contribution is -2.34. The maximum Gasteiger partial charge on any atom is 0.203 e. The standard InChI is InChI=1S/C16H32N4/c1-7-8-9-20-11-14(4)17-16(20)18-15(10-13(2)3)12-19(5)6/h11,13,15H,7-10,12H2,1-6H3,(H,17,18). The molecular weight excluding hydrogens is 248 g/mol. The number of likely N-dealkylation sites (N-methyl/N-ethyl adjacent to an activating group) is 1. The fourth-order valence-corrected chi connectivity index (χ4v) is 2.53. The lowest BCUT2D eigenvalue weighted by atomic mass is 10.0. The monoisotopic (exact) mass is 280 g/mol. The summed E-state index contributed by atoms with van der Waals surface area (Å²) >= 11 is 0. The van der Waals surface area contributed by atoms with Crippen LogP contribution in [0.4, 0.5) is 5.95 Å². The predicted octanol–water partition coefficient (Wildman–Crippen LogP) is 3.38. The predicted molar refractivity (Wildman–Crippen MR) is 87.3 cm³/mol. The van der Waals surface area contributed by atoms with Crippen molar-refractivity contribution in [2.75, 3.05) is 26.0 Å². The van der Waals surface area contributed by atoms with Crippen LogP contribution in [-0.2, 0) is 6.54 Å². The first kappa shape index (κ1) is 17.0. The highest BCUT2D eigenvalue weighted by Crippen LogP contribution is 2.15. The number of anilines is 1. The molecule has 4 nitrogen and oxygen atoms in total. The summed E-state index contributed by atoms with van der Waals surface area (Å²) in [6, 6.07) is 0.451. The Morgan fingerprint density at radius 2 is 2.05 bits per heavy atom. The molecule has 0 saturated carbocycles. The van der Waals surface area contributed by atoms with Gasteiger partial charge in [0, 0.05) is 25.3 Å². The van der Waals surface area contributed by atoms with Crippen molar-refractivity contribution in [2.24, 2.45) is 5.92 Å². The molecule has 1 rings (SSSR count). The van der Waals surface area contributed by atoms with Crippen LogP contribution in [-0.4, -0.2) is 41.1 Å².